The van der Waals surface area contributed by atoms with Gasteiger partial charge in [-0.3, -0.25) is 0 Å². The van der Waals surface area contributed by atoms with Gasteiger partial charge in [-0.05, 0) is 19.8 Å². The molecule has 0 nitrogen and oxygen atoms in total. The van der Waals surface area contributed by atoms with Crippen LogP contribution in [0.4, 0.5) is 0 Å². The molecule has 0 rings (SSSR count). The average molecular weight is 83.2 g/mol. The fourth-order valence-electron chi connectivity index (χ4n) is 0.322. The zero-order valence-electron chi connectivity index (χ0n) is 4.28. The second kappa shape index (κ2) is 5.00. The standard InChI is InChI=1S/C6H11/c1-3-5-6-4-2/h1,5H,3-4,6H2,2H3. The molecule has 0 saturated heterocycles. The van der Waals surface area contributed by atoms with Gasteiger partial charge in [-0.2, -0.15) is 0 Å². The molecule has 0 aromatic carbocycles. The molecule has 0 aliphatic carbocycles. The molecular formula is C6H11. The minimum Gasteiger partial charge on any atom is -0.0654 e. The molecule has 3 radical (unpaired) electrons. The van der Waals surface area contributed by atoms with Crippen molar-refractivity contribution in [2.75, 3.05) is 0 Å². The van der Waals surface area contributed by atoms with Crippen LogP contribution in [0.1, 0.15) is 26.2 Å². The molecule has 0 aliphatic heterocycles. The van der Waals surface area contributed by atoms with E-state index < -0.39 is 0 Å². The van der Waals surface area contributed by atoms with Crippen molar-refractivity contribution in [3.63, 3.8) is 0 Å². The lowest BCUT2D eigenvalue weighted by atomic mass is 10.2. The molecular weight excluding hydrogens is 72.1 g/mol. The van der Waals surface area contributed by atoms with Crippen molar-refractivity contribution >= 4 is 0 Å². The minimum atomic E-state index is 0.730. The molecule has 0 aliphatic rings. The van der Waals surface area contributed by atoms with Crippen LogP contribution >= 0.6 is 0 Å². The van der Waals surface area contributed by atoms with Crippen molar-refractivity contribution in [3.05, 3.63) is 13.3 Å². The van der Waals surface area contributed by atoms with Crippen LogP contribution in [0.15, 0.2) is 0 Å². The van der Waals surface area contributed by atoms with Crippen molar-refractivity contribution in [3.8, 4) is 0 Å². The molecule has 0 aromatic heterocycles. The molecule has 0 N–H and O–H groups in total. The summed E-state index contributed by atoms with van der Waals surface area (Å²) in [5.74, 6) is 0. The van der Waals surface area contributed by atoms with Crippen LogP contribution in [0, 0.1) is 13.3 Å². The summed E-state index contributed by atoms with van der Waals surface area (Å²) in [6, 6.07) is 0. The molecule has 0 spiro atoms. The quantitative estimate of drug-likeness (QED) is 0.458. The van der Waals surface area contributed by atoms with Crippen LogP contribution in [0.25, 0.3) is 0 Å². The second-order valence-corrected chi connectivity index (χ2v) is 1.31. The molecule has 0 amide bonds. The van der Waals surface area contributed by atoms with Gasteiger partial charge in [0.05, 0.1) is 0 Å². The highest BCUT2D eigenvalue weighted by atomic mass is 13.8. The predicted molar refractivity (Wildman–Crippen MR) is 28.1 cm³/mol. The Hall–Kier alpha value is 0. The Morgan fingerprint density at radius 3 is 2.50 bits per heavy atom. The Kier molecular flexibility index (Phi) is 5.00. The summed E-state index contributed by atoms with van der Waals surface area (Å²) in [6.45, 7) is 7.30. The van der Waals surface area contributed by atoms with Crippen LogP contribution in [0.5, 0.6) is 0 Å². The summed E-state index contributed by atoms with van der Waals surface area (Å²) in [7, 11) is 0. The van der Waals surface area contributed by atoms with Gasteiger partial charge in [0.25, 0.3) is 0 Å². The van der Waals surface area contributed by atoms with Crippen molar-refractivity contribution in [2.24, 2.45) is 0 Å². The number of hydrogen-bond donors (Lipinski definition) is 0. The highest BCUT2D eigenvalue weighted by molar-refractivity contribution is 4.62. The number of unbranched alkanes of at least 4 members (excludes halogenated alkanes) is 3. The van der Waals surface area contributed by atoms with Crippen molar-refractivity contribution in [2.45, 2.75) is 26.2 Å². The normalized spacial score (nSPS) is 9.00. The maximum atomic E-state index is 5.16. The van der Waals surface area contributed by atoms with E-state index in [-0.39, 0.29) is 0 Å². The summed E-state index contributed by atoms with van der Waals surface area (Å²) in [4.78, 5) is 0. The minimum absolute atomic E-state index is 0.730. The predicted octanol–water partition coefficient (Wildman–Crippen LogP) is 2.09. The molecule has 0 aromatic rings. The smallest absolute Gasteiger partial charge is 0.0349 e. The average Bonchev–Trinajstić information content (AvgIpc) is 1.61. The monoisotopic (exact) mass is 83.1 g/mol. The van der Waals surface area contributed by atoms with Crippen LogP contribution in [-0.2, 0) is 0 Å². The van der Waals surface area contributed by atoms with Gasteiger partial charge in [-0.25, -0.2) is 0 Å². The van der Waals surface area contributed by atoms with Gasteiger partial charge >= 0.3 is 0 Å². The Bertz CT molecular complexity index is 12.0. The van der Waals surface area contributed by atoms with E-state index in [9.17, 15) is 0 Å². The van der Waals surface area contributed by atoms with E-state index in [4.69, 9.17) is 6.92 Å². The molecule has 0 saturated carbocycles. The summed E-state index contributed by atoms with van der Waals surface area (Å²) >= 11 is 0. The van der Waals surface area contributed by atoms with E-state index in [2.05, 4.69) is 13.3 Å². The molecule has 0 atom stereocenters. The van der Waals surface area contributed by atoms with E-state index >= 15 is 0 Å². The van der Waals surface area contributed by atoms with Gasteiger partial charge in [0, 0.05) is 0 Å². The lowest BCUT2D eigenvalue weighted by Gasteiger charge is -1.85. The highest BCUT2D eigenvalue weighted by Crippen LogP contribution is 1.93. The third kappa shape index (κ3) is 4.00. The third-order valence-corrected chi connectivity index (χ3v) is 0.659. The molecule has 0 bridgehead atoms. The first kappa shape index (κ1) is 6.00. The third-order valence-electron chi connectivity index (χ3n) is 0.659. The molecule has 0 fully saturated rings. The molecule has 6 heavy (non-hydrogen) atoms. The summed E-state index contributed by atoms with van der Waals surface area (Å²) < 4.78 is 0. The van der Waals surface area contributed by atoms with Crippen LogP contribution in [0.2, 0.25) is 0 Å². The lowest BCUT2D eigenvalue weighted by molar-refractivity contribution is 0.873. The second-order valence-electron chi connectivity index (χ2n) is 1.31. The van der Waals surface area contributed by atoms with E-state index in [0.717, 1.165) is 12.8 Å². The van der Waals surface area contributed by atoms with Gasteiger partial charge < -0.3 is 0 Å². The lowest BCUT2D eigenvalue weighted by Crippen LogP contribution is -1.68. The zero-order valence-corrected chi connectivity index (χ0v) is 4.28. The van der Waals surface area contributed by atoms with Crippen molar-refractivity contribution in [1.82, 2.24) is 0 Å². The largest absolute Gasteiger partial charge is 0.0654 e. The van der Waals surface area contributed by atoms with E-state index in [1.54, 1.807) is 0 Å². The zero-order chi connectivity index (χ0) is 4.83. The van der Waals surface area contributed by atoms with E-state index in [1.807, 2.05) is 0 Å². The number of rotatable bonds is 3. The Balaban J connectivity index is 2.34. The van der Waals surface area contributed by atoms with E-state index in [0.29, 0.717) is 0 Å². The van der Waals surface area contributed by atoms with E-state index in [1.165, 1.54) is 6.42 Å². The van der Waals surface area contributed by atoms with Gasteiger partial charge in [0.15, 0.2) is 0 Å². The van der Waals surface area contributed by atoms with Crippen molar-refractivity contribution < 1.29 is 0 Å². The topological polar surface area (TPSA) is 0 Å². The molecule has 0 heteroatoms. The van der Waals surface area contributed by atoms with Gasteiger partial charge in [-0.1, -0.05) is 19.8 Å². The molecule has 0 unspecified atom stereocenters. The summed E-state index contributed by atoms with van der Waals surface area (Å²) in [5.41, 5.74) is 0. The number of hydrogen-bond acceptors (Lipinski definition) is 0. The first-order valence-corrected chi connectivity index (χ1v) is 2.43. The summed E-state index contributed by atoms with van der Waals surface area (Å²) in [5, 5.41) is 0. The maximum Gasteiger partial charge on any atom is -0.0349 e. The molecule has 35 valence electrons. The van der Waals surface area contributed by atoms with Crippen LogP contribution in [-0.4, -0.2) is 0 Å². The Morgan fingerprint density at radius 1 is 1.67 bits per heavy atom. The maximum absolute atomic E-state index is 5.16. The molecule has 0 heterocycles. The Labute approximate surface area is 40.6 Å². The fourth-order valence-corrected chi connectivity index (χ4v) is 0.322. The first-order valence-electron chi connectivity index (χ1n) is 2.43. The fraction of sp³-hybridized carbons (Fsp3) is 0.667. The first-order chi connectivity index (χ1) is 2.91. The van der Waals surface area contributed by atoms with Gasteiger partial charge in [0.1, 0.15) is 0 Å². The van der Waals surface area contributed by atoms with Crippen LogP contribution < -0.4 is 0 Å². The summed E-state index contributed by atoms with van der Waals surface area (Å²) in [6.07, 6.45) is 5.20. The van der Waals surface area contributed by atoms with Gasteiger partial charge in [0.2, 0.25) is 0 Å². The highest BCUT2D eigenvalue weighted by Gasteiger charge is 1.76. The Morgan fingerprint density at radius 2 is 2.33 bits per heavy atom. The van der Waals surface area contributed by atoms with Crippen molar-refractivity contribution in [1.29, 1.82) is 0 Å². The van der Waals surface area contributed by atoms with Gasteiger partial charge in [-0.15, -0.1) is 0 Å². The van der Waals surface area contributed by atoms with Crippen LogP contribution in [0.3, 0.4) is 0 Å². The SMILES string of the molecule is [CH]C[CH]CCC.